The summed E-state index contributed by atoms with van der Waals surface area (Å²) in [5, 5.41) is 0. The van der Waals surface area contributed by atoms with Crippen LogP contribution in [0.3, 0.4) is 0 Å². The number of nitrogens with two attached hydrogens (primary N) is 1. The average Bonchev–Trinajstić information content (AvgIpc) is 3.05. The fourth-order valence-electron chi connectivity index (χ4n) is 2.42. The van der Waals surface area contributed by atoms with Crippen molar-refractivity contribution in [1.82, 2.24) is 4.90 Å². The third-order valence-corrected chi connectivity index (χ3v) is 3.53. The van der Waals surface area contributed by atoms with E-state index in [1.165, 1.54) is 0 Å². The molecule has 1 fully saturated rings. The number of carbonyl (C=O) groups is 1. The summed E-state index contributed by atoms with van der Waals surface area (Å²) < 4.78 is 10.5. The van der Waals surface area contributed by atoms with Gasteiger partial charge in [-0.05, 0) is 37.1 Å². The zero-order valence-electron chi connectivity index (χ0n) is 10.1. The molecule has 1 amide bonds. The highest BCUT2D eigenvalue weighted by atomic mass is 16.7. The highest BCUT2D eigenvalue weighted by Gasteiger charge is 2.27. The minimum absolute atomic E-state index is 0.0456. The number of hydrogen-bond acceptors (Lipinski definition) is 4. The molecule has 0 spiro atoms. The number of benzene rings is 1. The molecule has 2 heterocycles. The van der Waals surface area contributed by atoms with E-state index in [0.29, 0.717) is 29.5 Å². The van der Waals surface area contributed by atoms with Gasteiger partial charge < -0.3 is 20.1 Å². The van der Waals surface area contributed by atoms with Crippen LogP contribution < -0.4 is 15.2 Å². The van der Waals surface area contributed by atoms with E-state index in [4.69, 9.17) is 15.2 Å². The van der Waals surface area contributed by atoms with Gasteiger partial charge >= 0.3 is 0 Å². The highest BCUT2D eigenvalue weighted by Crippen LogP contribution is 2.33. The van der Waals surface area contributed by atoms with E-state index in [1.54, 1.807) is 18.2 Å². The Morgan fingerprint density at radius 3 is 3.00 bits per heavy atom. The van der Waals surface area contributed by atoms with Crippen molar-refractivity contribution in [3.63, 3.8) is 0 Å². The lowest BCUT2D eigenvalue weighted by atomic mass is 10.1. The second kappa shape index (κ2) is 4.49. The molecule has 3 rings (SSSR count). The molecule has 0 aliphatic carbocycles. The Kier molecular flexibility index (Phi) is 2.83. The van der Waals surface area contributed by atoms with Crippen LogP contribution >= 0.6 is 0 Å². The van der Waals surface area contributed by atoms with Gasteiger partial charge in [0.05, 0.1) is 0 Å². The molecule has 1 saturated heterocycles. The van der Waals surface area contributed by atoms with Crippen LogP contribution in [0.4, 0.5) is 0 Å². The molecule has 5 nitrogen and oxygen atoms in total. The van der Waals surface area contributed by atoms with Crippen LogP contribution in [0.25, 0.3) is 0 Å². The van der Waals surface area contributed by atoms with Crippen LogP contribution in [0.2, 0.25) is 0 Å². The van der Waals surface area contributed by atoms with Crippen LogP contribution in [-0.2, 0) is 0 Å². The molecule has 0 bridgehead atoms. The van der Waals surface area contributed by atoms with Crippen molar-refractivity contribution in [2.45, 2.75) is 6.42 Å². The molecule has 2 aliphatic heterocycles. The van der Waals surface area contributed by atoms with E-state index in [9.17, 15) is 4.79 Å². The fourth-order valence-corrected chi connectivity index (χ4v) is 2.42. The number of ether oxygens (including phenoxy) is 2. The second-order valence-corrected chi connectivity index (χ2v) is 4.71. The minimum atomic E-state index is 0.0456. The SMILES string of the molecule is NCC1CCN(C(=O)c2ccc3c(c2)OCO3)C1. The largest absolute Gasteiger partial charge is 0.454 e. The van der Waals surface area contributed by atoms with Gasteiger partial charge in [0, 0.05) is 18.7 Å². The van der Waals surface area contributed by atoms with Crippen molar-refractivity contribution in [2.24, 2.45) is 11.7 Å². The van der Waals surface area contributed by atoms with Gasteiger partial charge in [0.25, 0.3) is 5.91 Å². The van der Waals surface area contributed by atoms with Crippen molar-refractivity contribution in [3.05, 3.63) is 23.8 Å². The Bertz CT molecular complexity index is 475. The Morgan fingerprint density at radius 2 is 2.22 bits per heavy atom. The molecule has 1 aromatic rings. The van der Waals surface area contributed by atoms with Crippen LogP contribution in [0.5, 0.6) is 11.5 Å². The minimum Gasteiger partial charge on any atom is -0.454 e. The number of rotatable bonds is 2. The van der Waals surface area contributed by atoms with Gasteiger partial charge in [-0.15, -0.1) is 0 Å². The highest BCUT2D eigenvalue weighted by molar-refractivity contribution is 5.95. The number of hydrogen-bond donors (Lipinski definition) is 1. The first-order valence-electron chi connectivity index (χ1n) is 6.17. The summed E-state index contributed by atoms with van der Waals surface area (Å²) in [4.78, 5) is 14.2. The van der Waals surface area contributed by atoms with Gasteiger partial charge in [0.15, 0.2) is 11.5 Å². The maximum absolute atomic E-state index is 12.3. The standard InChI is InChI=1S/C13H16N2O3/c14-6-9-3-4-15(7-9)13(16)10-1-2-11-12(5-10)18-8-17-11/h1-2,5,9H,3-4,6-8,14H2. The molecule has 0 saturated carbocycles. The zero-order valence-corrected chi connectivity index (χ0v) is 10.1. The van der Waals surface area contributed by atoms with E-state index in [0.717, 1.165) is 19.5 Å². The summed E-state index contributed by atoms with van der Waals surface area (Å²) in [6, 6.07) is 5.32. The molecule has 0 radical (unpaired) electrons. The average molecular weight is 248 g/mol. The quantitative estimate of drug-likeness (QED) is 0.842. The van der Waals surface area contributed by atoms with Crippen molar-refractivity contribution in [1.29, 1.82) is 0 Å². The lowest BCUT2D eigenvalue weighted by molar-refractivity contribution is 0.0787. The molecular formula is C13H16N2O3. The number of likely N-dealkylation sites (tertiary alicyclic amines) is 1. The molecule has 2 aliphatic rings. The van der Waals surface area contributed by atoms with Crippen molar-refractivity contribution < 1.29 is 14.3 Å². The van der Waals surface area contributed by atoms with E-state index in [2.05, 4.69) is 0 Å². The van der Waals surface area contributed by atoms with Gasteiger partial charge in [-0.2, -0.15) is 0 Å². The summed E-state index contributed by atoms with van der Waals surface area (Å²) >= 11 is 0. The zero-order chi connectivity index (χ0) is 12.5. The van der Waals surface area contributed by atoms with Crippen molar-refractivity contribution in [3.8, 4) is 11.5 Å². The summed E-state index contributed by atoms with van der Waals surface area (Å²) in [5.41, 5.74) is 6.28. The van der Waals surface area contributed by atoms with Crippen molar-refractivity contribution in [2.75, 3.05) is 26.4 Å². The molecule has 96 valence electrons. The number of amides is 1. The van der Waals surface area contributed by atoms with Crippen LogP contribution in [0.15, 0.2) is 18.2 Å². The summed E-state index contributed by atoms with van der Waals surface area (Å²) in [6.45, 7) is 2.41. The third kappa shape index (κ3) is 1.90. The molecule has 1 aromatic carbocycles. The first-order valence-corrected chi connectivity index (χ1v) is 6.17. The van der Waals surface area contributed by atoms with Gasteiger partial charge in [-0.1, -0.05) is 0 Å². The number of carbonyl (C=O) groups excluding carboxylic acids is 1. The topological polar surface area (TPSA) is 64.8 Å². The van der Waals surface area contributed by atoms with E-state index >= 15 is 0 Å². The maximum atomic E-state index is 12.3. The predicted octanol–water partition coefficient (Wildman–Crippen LogP) is 0.836. The molecule has 1 unspecified atom stereocenters. The molecule has 2 N–H and O–H groups in total. The summed E-state index contributed by atoms with van der Waals surface area (Å²) in [7, 11) is 0. The summed E-state index contributed by atoms with van der Waals surface area (Å²) in [6.07, 6.45) is 0.993. The molecular weight excluding hydrogens is 232 g/mol. The Labute approximate surface area is 105 Å². The van der Waals surface area contributed by atoms with Gasteiger partial charge in [0.2, 0.25) is 6.79 Å². The number of fused-ring (bicyclic) bond motifs is 1. The fraction of sp³-hybridized carbons (Fsp3) is 0.462. The molecule has 18 heavy (non-hydrogen) atoms. The lowest BCUT2D eigenvalue weighted by Gasteiger charge is -2.16. The second-order valence-electron chi connectivity index (χ2n) is 4.71. The Hall–Kier alpha value is -1.75. The molecule has 1 atom stereocenters. The first-order chi connectivity index (χ1) is 8.78. The van der Waals surface area contributed by atoms with Gasteiger partial charge in [0.1, 0.15) is 0 Å². The monoisotopic (exact) mass is 248 g/mol. The van der Waals surface area contributed by atoms with Crippen LogP contribution in [0.1, 0.15) is 16.8 Å². The lowest BCUT2D eigenvalue weighted by Crippen LogP contribution is -2.29. The maximum Gasteiger partial charge on any atom is 0.254 e. The van der Waals surface area contributed by atoms with Crippen molar-refractivity contribution >= 4 is 5.91 Å². The predicted molar refractivity (Wildman–Crippen MR) is 65.6 cm³/mol. The third-order valence-electron chi connectivity index (χ3n) is 3.53. The van der Waals surface area contributed by atoms with Crippen LogP contribution in [0, 0.1) is 5.92 Å². The normalized spacial score (nSPS) is 21.4. The van der Waals surface area contributed by atoms with E-state index < -0.39 is 0 Å². The van der Waals surface area contributed by atoms with Crippen LogP contribution in [-0.4, -0.2) is 37.2 Å². The first kappa shape index (κ1) is 11.3. The van der Waals surface area contributed by atoms with Gasteiger partial charge in [-0.25, -0.2) is 0 Å². The van der Waals surface area contributed by atoms with E-state index in [-0.39, 0.29) is 12.7 Å². The van der Waals surface area contributed by atoms with Gasteiger partial charge in [-0.3, -0.25) is 4.79 Å². The molecule has 5 heteroatoms. The smallest absolute Gasteiger partial charge is 0.254 e. The Morgan fingerprint density at radius 1 is 1.39 bits per heavy atom. The number of nitrogens with zero attached hydrogens (tertiary/aromatic N) is 1. The Balaban J connectivity index is 1.77. The molecule has 0 aromatic heterocycles. The van der Waals surface area contributed by atoms with E-state index in [1.807, 2.05) is 4.90 Å². The summed E-state index contributed by atoms with van der Waals surface area (Å²) in [5.74, 6) is 1.83.